The van der Waals surface area contributed by atoms with Gasteiger partial charge in [-0.2, -0.15) is 10.5 Å². The van der Waals surface area contributed by atoms with Crippen molar-refractivity contribution in [3.8, 4) is 12.1 Å². The zero-order valence-corrected chi connectivity index (χ0v) is 7.55. The Hall–Kier alpha value is -1.02. The zero-order valence-electron chi connectivity index (χ0n) is 7.55. The molecule has 0 aromatic heterocycles. The Balaban J connectivity index is 4.40. The van der Waals surface area contributed by atoms with Crippen LogP contribution >= 0.6 is 0 Å². The number of hydrogen-bond donors (Lipinski definition) is 0. The van der Waals surface area contributed by atoms with Gasteiger partial charge in [0, 0.05) is 0 Å². The first-order valence-electron chi connectivity index (χ1n) is 3.72. The minimum atomic E-state index is -0.477. The van der Waals surface area contributed by atoms with Crippen LogP contribution in [0.25, 0.3) is 0 Å². The summed E-state index contributed by atoms with van der Waals surface area (Å²) in [6.45, 7) is 8.06. The summed E-state index contributed by atoms with van der Waals surface area (Å²) < 4.78 is 0. The highest BCUT2D eigenvalue weighted by Gasteiger charge is 2.27. The number of nitrogens with zero attached hydrogens (tertiary/aromatic N) is 2. The van der Waals surface area contributed by atoms with Gasteiger partial charge in [-0.15, -0.1) is 0 Å². The molecule has 0 heterocycles. The van der Waals surface area contributed by atoms with Gasteiger partial charge >= 0.3 is 0 Å². The highest BCUT2D eigenvalue weighted by Crippen LogP contribution is 2.30. The third kappa shape index (κ3) is 2.60. The van der Waals surface area contributed by atoms with Gasteiger partial charge in [-0.1, -0.05) is 27.7 Å². The molecule has 2 nitrogen and oxygen atoms in total. The quantitative estimate of drug-likeness (QED) is 0.576. The molecule has 0 aliphatic heterocycles. The highest BCUT2D eigenvalue weighted by atomic mass is 14.4. The normalized spacial score (nSPS) is 13.7. The van der Waals surface area contributed by atoms with Crippen molar-refractivity contribution in [3.05, 3.63) is 0 Å². The molecule has 0 rings (SSSR count). The van der Waals surface area contributed by atoms with Crippen molar-refractivity contribution in [2.75, 3.05) is 0 Å². The molecule has 0 aromatic carbocycles. The van der Waals surface area contributed by atoms with E-state index in [-0.39, 0.29) is 11.3 Å². The largest absolute Gasteiger partial charge is 0.197 e. The predicted molar refractivity (Wildman–Crippen MR) is 43.3 cm³/mol. The fourth-order valence-electron chi connectivity index (χ4n) is 0.752. The minimum absolute atomic E-state index is 0.0378. The van der Waals surface area contributed by atoms with E-state index in [4.69, 9.17) is 10.5 Å². The standard InChI is InChI=1S/C9H14N2/c1-7(9(2,3)4)8(5-10)6-11/h7-8H,1-4H3. The van der Waals surface area contributed by atoms with E-state index >= 15 is 0 Å². The Morgan fingerprint density at radius 3 is 1.55 bits per heavy atom. The second-order valence-corrected chi connectivity index (χ2v) is 3.89. The van der Waals surface area contributed by atoms with Gasteiger partial charge in [-0.25, -0.2) is 0 Å². The minimum Gasteiger partial charge on any atom is -0.197 e. The second kappa shape index (κ2) is 3.39. The summed E-state index contributed by atoms with van der Waals surface area (Å²) in [7, 11) is 0. The molecule has 0 spiro atoms. The van der Waals surface area contributed by atoms with Crippen LogP contribution in [-0.4, -0.2) is 0 Å². The highest BCUT2D eigenvalue weighted by molar-refractivity contribution is 5.03. The second-order valence-electron chi connectivity index (χ2n) is 3.89. The fourth-order valence-corrected chi connectivity index (χ4v) is 0.752. The summed E-state index contributed by atoms with van der Waals surface area (Å²) in [5.41, 5.74) is 0.0378. The van der Waals surface area contributed by atoms with Crippen molar-refractivity contribution >= 4 is 0 Å². The lowest BCUT2D eigenvalue weighted by Crippen LogP contribution is -2.23. The molecule has 0 aromatic rings. The zero-order chi connectivity index (χ0) is 9.07. The molecule has 0 amide bonds. The van der Waals surface area contributed by atoms with Crippen molar-refractivity contribution in [1.29, 1.82) is 10.5 Å². The third-order valence-electron chi connectivity index (χ3n) is 2.14. The smallest absolute Gasteiger partial charge is 0.136 e. The molecule has 1 atom stereocenters. The van der Waals surface area contributed by atoms with Crippen LogP contribution in [0.5, 0.6) is 0 Å². The van der Waals surface area contributed by atoms with Crippen LogP contribution in [0.1, 0.15) is 27.7 Å². The molecule has 0 bridgehead atoms. The average molecular weight is 150 g/mol. The van der Waals surface area contributed by atoms with Crippen LogP contribution in [0.2, 0.25) is 0 Å². The predicted octanol–water partition coefficient (Wildman–Crippen LogP) is 2.33. The van der Waals surface area contributed by atoms with E-state index in [1.165, 1.54) is 0 Å². The van der Waals surface area contributed by atoms with Gasteiger partial charge in [-0.3, -0.25) is 0 Å². The average Bonchev–Trinajstić information content (AvgIpc) is 1.88. The molecule has 0 aliphatic carbocycles. The van der Waals surface area contributed by atoms with Crippen LogP contribution in [0.15, 0.2) is 0 Å². The topological polar surface area (TPSA) is 47.6 Å². The van der Waals surface area contributed by atoms with Crippen LogP contribution in [-0.2, 0) is 0 Å². The van der Waals surface area contributed by atoms with E-state index < -0.39 is 5.92 Å². The maximum absolute atomic E-state index is 8.59. The van der Waals surface area contributed by atoms with Crippen molar-refractivity contribution in [3.63, 3.8) is 0 Å². The summed E-state index contributed by atoms with van der Waals surface area (Å²) in [5.74, 6) is -0.354. The monoisotopic (exact) mass is 150 g/mol. The first-order chi connectivity index (χ1) is 4.93. The van der Waals surface area contributed by atoms with E-state index in [1.54, 1.807) is 0 Å². The van der Waals surface area contributed by atoms with Gasteiger partial charge in [0.15, 0.2) is 0 Å². The van der Waals surface area contributed by atoms with Crippen LogP contribution in [0.4, 0.5) is 0 Å². The van der Waals surface area contributed by atoms with E-state index in [0.717, 1.165) is 0 Å². The summed E-state index contributed by atoms with van der Waals surface area (Å²) in [6.07, 6.45) is 0. The molecule has 11 heavy (non-hydrogen) atoms. The van der Waals surface area contributed by atoms with E-state index in [9.17, 15) is 0 Å². The number of nitriles is 2. The van der Waals surface area contributed by atoms with Crippen molar-refractivity contribution in [2.24, 2.45) is 17.3 Å². The van der Waals surface area contributed by atoms with E-state index in [0.29, 0.717) is 0 Å². The van der Waals surface area contributed by atoms with Gasteiger partial charge in [0.05, 0.1) is 12.1 Å². The SMILES string of the molecule is CC(C(C#N)C#N)C(C)(C)C. The van der Waals surface area contributed by atoms with Gasteiger partial charge in [0.2, 0.25) is 0 Å². The summed E-state index contributed by atoms with van der Waals surface area (Å²) in [4.78, 5) is 0. The Labute approximate surface area is 68.4 Å². The fraction of sp³-hybridized carbons (Fsp3) is 0.778. The Kier molecular flexibility index (Phi) is 3.08. The molecule has 0 N–H and O–H groups in total. The van der Waals surface area contributed by atoms with Crippen molar-refractivity contribution in [1.82, 2.24) is 0 Å². The number of hydrogen-bond acceptors (Lipinski definition) is 2. The van der Waals surface area contributed by atoms with Gasteiger partial charge in [0.25, 0.3) is 0 Å². The molecule has 0 saturated heterocycles. The molecular formula is C9H14N2. The first kappa shape index (κ1) is 9.98. The number of rotatable bonds is 1. The summed E-state index contributed by atoms with van der Waals surface area (Å²) >= 11 is 0. The molecule has 0 aliphatic rings. The summed E-state index contributed by atoms with van der Waals surface area (Å²) in [6, 6.07) is 3.99. The van der Waals surface area contributed by atoms with Gasteiger partial charge < -0.3 is 0 Å². The van der Waals surface area contributed by atoms with Crippen LogP contribution in [0, 0.1) is 39.9 Å². The Morgan fingerprint density at radius 1 is 1.09 bits per heavy atom. The Bertz CT molecular complexity index is 185. The van der Waals surface area contributed by atoms with Crippen LogP contribution in [0.3, 0.4) is 0 Å². The third-order valence-corrected chi connectivity index (χ3v) is 2.14. The molecule has 0 radical (unpaired) electrons. The molecule has 0 fully saturated rings. The molecule has 1 unspecified atom stereocenters. The molecular weight excluding hydrogens is 136 g/mol. The maximum atomic E-state index is 8.59. The van der Waals surface area contributed by atoms with Gasteiger partial charge in [0.1, 0.15) is 5.92 Å². The van der Waals surface area contributed by atoms with Crippen molar-refractivity contribution < 1.29 is 0 Å². The maximum Gasteiger partial charge on any atom is 0.136 e. The van der Waals surface area contributed by atoms with Crippen molar-refractivity contribution in [2.45, 2.75) is 27.7 Å². The summed E-state index contributed by atoms with van der Waals surface area (Å²) in [5, 5.41) is 17.2. The van der Waals surface area contributed by atoms with Gasteiger partial charge in [-0.05, 0) is 11.3 Å². The van der Waals surface area contributed by atoms with E-state index in [1.807, 2.05) is 39.8 Å². The Morgan fingerprint density at radius 2 is 1.45 bits per heavy atom. The van der Waals surface area contributed by atoms with Crippen LogP contribution < -0.4 is 0 Å². The lowest BCUT2D eigenvalue weighted by Gasteiger charge is -2.27. The lowest BCUT2D eigenvalue weighted by molar-refractivity contribution is 0.235. The molecule has 0 saturated carbocycles. The molecule has 2 heteroatoms. The molecule has 60 valence electrons. The lowest BCUT2D eigenvalue weighted by atomic mass is 9.75. The van der Waals surface area contributed by atoms with E-state index in [2.05, 4.69) is 0 Å². The first-order valence-corrected chi connectivity index (χ1v) is 3.72.